The van der Waals surface area contributed by atoms with E-state index in [0.29, 0.717) is 30.2 Å². The molecule has 26 heavy (non-hydrogen) atoms. The fourth-order valence-electron chi connectivity index (χ4n) is 2.75. The van der Waals surface area contributed by atoms with Crippen molar-refractivity contribution >= 4 is 21.0 Å². The number of aryl methyl sites for hydroxylation is 1. The summed E-state index contributed by atoms with van der Waals surface area (Å²) in [5, 5.41) is 0.807. The lowest BCUT2D eigenvalue weighted by Crippen LogP contribution is -2.10. The topological polar surface area (TPSA) is 74.7 Å². The number of ether oxygens (including phenoxy) is 2. The van der Waals surface area contributed by atoms with Gasteiger partial charge in [0.15, 0.2) is 17.2 Å². The third-order valence-corrected chi connectivity index (χ3v) is 5.26. The van der Waals surface area contributed by atoms with Crippen molar-refractivity contribution in [1.29, 1.82) is 0 Å². The van der Waals surface area contributed by atoms with Gasteiger partial charge in [-0.25, -0.2) is 4.98 Å². The van der Waals surface area contributed by atoms with Crippen molar-refractivity contribution in [2.45, 2.75) is 18.2 Å². The van der Waals surface area contributed by atoms with E-state index in [0.717, 1.165) is 17.5 Å². The molecule has 4 rings (SSSR count). The molecule has 2 aromatic carbocycles. The fraction of sp³-hybridized carbons (Fsp3) is 0.211. The van der Waals surface area contributed by atoms with Crippen LogP contribution in [0.25, 0.3) is 10.9 Å². The first kappa shape index (κ1) is 16.7. The van der Waals surface area contributed by atoms with Gasteiger partial charge in [-0.1, -0.05) is 18.2 Å². The van der Waals surface area contributed by atoms with Gasteiger partial charge in [-0.2, -0.15) is 8.42 Å². The second-order valence-corrected chi connectivity index (χ2v) is 7.52. The van der Waals surface area contributed by atoms with Crippen LogP contribution >= 0.6 is 0 Å². The molecule has 1 aliphatic rings. The number of hydrogen-bond acceptors (Lipinski definition) is 6. The lowest BCUT2D eigenvalue weighted by molar-refractivity contribution is 0.296. The van der Waals surface area contributed by atoms with Crippen LogP contribution in [0.15, 0.2) is 53.4 Å². The highest BCUT2D eigenvalue weighted by molar-refractivity contribution is 7.87. The van der Waals surface area contributed by atoms with Crippen molar-refractivity contribution in [3.8, 4) is 17.2 Å². The van der Waals surface area contributed by atoms with Crippen LogP contribution in [0, 0.1) is 6.92 Å². The molecule has 0 radical (unpaired) electrons. The summed E-state index contributed by atoms with van der Waals surface area (Å²) in [7, 11) is -4.04. The molecule has 0 amide bonds. The highest BCUT2D eigenvalue weighted by atomic mass is 32.2. The van der Waals surface area contributed by atoms with Gasteiger partial charge in [0, 0.05) is 23.6 Å². The maximum atomic E-state index is 12.8. The van der Waals surface area contributed by atoms with Crippen molar-refractivity contribution in [2.24, 2.45) is 0 Å². The predicted octanol–water partition coefficient (Wildman–Crippen LogP) is 3.47. The summed E-state index contributed by atoms with van der Waals surface area (Å²) in [5.74, 6) is 1.13. The van der Waals surface area contributed by atoms with Crippen molar-refractivity contribution in [3.63, 3.8) is 0 Å². The van der Waals surface area contributed by atoms with Crippen LogP contribution < -0.4 is 13.7 Å². The van der Waals surface area contributed by atoms with Gasteiger partial charge in [0.2, 0.25) is 0 Å². The van der Waals surface area contributed by atoms with Crippen LogP contribution in [-0.4, -0.2) is 26.6 Å². The van der Waals surface area contributed by atoms with E-state index in [1.54, 1.807) is 18.2 Å². The van der Waals surface area contributed by atoms with Crippen LogP contribution in [-0.2, 0) is 10.1 Å². The van der Waals surface area contributed by atoms with Gasteiger partial charge in [-0.15, -0.1) is 0 Å². The zero-order chi connectivity index (χ0) is 18.1. The van der Waals surface area contributed by atoms with Crippen LogP contribution in [0.1, 0.15) is 12.1 Å². The molecule has 0 bridgehead atoms. The molecule has 7 heteroatoms. The average Bonchev–Trinajstić information content (AvgIpc) is 2.87. The lowest BCUT2D eigenvalue weighted by Gasteiger charge is -2.12. The SMILES string of the molecule is Cc1ccc2cccc(OS(=O)(=O)c3ccc4c(c3)OCCCO4)c2n1. The van der Waals surface area contributed by atoms with E-state index in [1.165, 1.54) is 12.1 Å². The third kappa shape index (κ3) is 3.17. The Hall–Kier alpha value is -2.80. The molecule has 0 saturated heterocycles. The first-order chi connectivity index (χ1) is 12.5. The number of pyridine rings is 1. The summed E-state index contributed by atoms with van der Waals surface area (Å²) in [6.07, 6.45) is 0.744. The lowest BCUT2D eigenvalue weighted by atomic mass is 10.2. The Morgan fingerprint density at radius 2 is 1.81 bits per heavy atom. The summed E-state index contributed by atoms with van der Waals surface area (Å²) in [6.45, 7) is 2.86. The second kappa shape index (κ2) is 6.49. The van der Waals surface area contributed by atoms with E-state index in [9.17, 15) is 8.42 Å². The second-order valence-electron chi connectivity index (χ2n) is 5.98. The average molecular weight is 371 g/mol. The van der Waals surface area contributed by atoms with Crippen molar-refractivity contribution in [2.75, 3.05) is 13.2 Å². The molecule has 0 spiro atoms. The number of fused-ring (bicyclic) bond motifs is 2. The first-order valence-electron chi connectivity index (χ1n) is 8.23. The van der Waals surface area contributed by atoms with Gasteiger partial charge < -0.3 is 13.7 Å². The molecular weight excluding hydrogens is 354 g/mol. The van der Waals surface area contributed by atoms with Crippen LogP contribution in [0.4, 0.5) is 0 Å². The van der Waals surface area contributed by atoms with Gasteiger partial charge in [0.1, 0.15) is 10.4 Å². The van der Waals surface area contributed by atoms with Gasteiger partial charge in [-0.3, -0.25) is 0 Å². The number of benzene rings is 2. The monoisotopic (exact) mass is 371 g/mol. The molecule has 6 nitrogen and oxygen atoms in total. The van der Waals surface area contributed by atoms with E-state index >= 15 is 0 Å². The number of rotatable bonds is 3. The number of para-hydroxylation sites is 1. The molecule has 0 atom stereocenters. The highest BCUT2D eigenvalue weighted by Gasteiger charge is 2.22. The van der Waals surface area contributed by atoms with Gasteiger partial charge >= 0.3 is 10.1 Å². The quantitative estimate of drug-likeness (QED) is 0.656. The molecule has 0 fully saturated rings. The Kier molecular flexibility index (Phi) is 4.16. The van der Waals surface area contributed by atoms with Crippen molar-refractivity contribution in [1.82, 2.24) is 4.98 Å². The zero-order valence-corrected chi connectivity index (χ0v) is 15.0. The van der Waals surface area contributed by atoms with Gasteiger partial charge in [0.05, 0.1) is 13.2 Å². The molecule has 0 aliphatic carbocycles. The summed E-state index contributed by atoms with van der Waals surface area (Å²) in [6, 6.07) is 13.4. The standard InChI is InChI=1S/C19H17NO5S/c1-13-6-7-14-4-2-5-17(19(14)20-13)25-26(21,22)15-8-9-16-18(12-15)24-11-3-10-23-16/h2,4-9,12H,3,10-11H2,1H3. The first-order valence-corrected chi connectivity index (χ1v) is 9.64. The van der Waals surface area contributed by atoms with E-state index < -0.39 is 10.1 Å². The summed E-state index contributed by atoms with van der Waals surface area (Å²) >= 11 is 0. The Morgan fingerprint density at radius 1 is 1.00 bits per heavy atom. The third-order valence-electron chi connectivity index (χ3n) is 4.03. The predicted molar refractivity (Wildman–Crippen MR) is 96.3 cm³/mol. The van der Waals surface area contributed by atoms with Crippen LogP contribution in [0.3, 0.4) is 0 Å². The normalized spacial score (nSPS) is 14.0. The van der Waals surface area contributed by atoms with E-state index in [1.807, 2.05) is 25.1 Å². The Morgan fingerprint density at radius 3 is 2.65 bits per heavy atom. The highest BCUT2D eigenvalue weighted by Crippen LogP contribution is 2.33. The molecular formula is C19H17NO5S. The minimum absolute atomic E-state index is 0.00593. The van der Waals surface area contributed by atoms with E-state index in [2.05, 4.69) is 4.98 Å². The summed E-state index contributed by atoms with van der Waals surface area (Å²) in [4.78, 5) is 4.41. The molecule has 1 aliphatic heterocycles. The summed E-state index contributed by atoms with van der Waals surface area (Å²) < 4.78 is 42.0. The maximum absolute atomic E-state index is 12.8. The largest absolute Gasteiger partial charge is 0.490 e. The zero-order valence-electron chi connectivity index (χ0n) is 14.1. The van der Waals surface area contributed by atoms with Crippen LogP contribution in [0.5, 0.6) is 17.2 Å². The number of aromatic nitrogens is 1. The molecule has 1 aromatic heterocycles. The Balaban J connectivity index is 1.72. The van der Waals surface area contributed by atoms with Gasteiger partial charge in [0.25, 0.3) is 0 Å². The minimum atomic E-state index is -4.04. The van der Waals surface area contributed by atoms with E-state index in [4.69, 9.17) is 13.7 Å². The molecule has 0 unspecified atom stereocenters. The Labute approximate surface area is 151 Å². The number of nitrogens with zero attached hydrogens (tertiary/aromatic N) is 1. The maximum Gasteiger partial charge on any atom is 0.339 e. The molecule has 3 aromatic rings. The molecule has 0 N–H and O–H groups in total. The summed E-state index contributed by atoms with van der Waals surface area (Å²) in [5.41, 5.74) is 1.28. The van der Waals surface area contributed by atoms with E-state index in [-0.39, 0.29) is 10.6 Å². The smallest absolute Gasteiger partial charge is 0.339 e. The van der Waals surface area contributed by atoms with Crippen molar-refractivity contribution < 1.29 is 22.1 Å². The Bertz CT molecular complexity index is 1080. The molecule has 0 saturated carbocycles. The molecule has 2 heterocycles. The number of hydrogen-bond donors (Lipinski definition) is 0. The van der Waals surface area contributed by atoms with Crippen LogP contribution in [0.2, 0.25) is 0 Å². The van der Waals surface area contributed by atoms with Crippen molar-refractivity contribution in [3.05, 3.63) is 54.2 Å². The van der Waals surface area contributed by atoms with Gasteiger partial charge in [-0.05, 0) is 31.2 Å². The minimum Gasteiger partial charge on any atom is -0.490 e. The fourth-order valence-corrected chi connectivity index (χ4v) is 3.70. The molecule has 134 valence electrons.